The van der Waals surface area contributed by atoms with Crippen molar-refractivity contribution in [3.8, 4) is 0 Å². The molecule has 0 spiro atoms. The fourth-order valence-corrected chi connectivity index (χ4v) is 1.42. The van der Waals surface area contributed by atoms with Gasteiger partial charge in [0, 0.05) is 25.9 Å². The van der Waals surface area contributed by atoms with Crippen LogP contribution in [0.15, 0.2) is 0 Å². The third kappa shape index (κ3) is 7.71. The van der Waals surface area contributed by atoms with Crippen molar-refractivity contribution in [2.75, 3.05) is 26.9 Å². The molecule has 0 aliphatic heterocycles. The van der Waals surface area contributed by atoms with Gasteiger partial charge in [0.15, 0.2) is 0 Å². The highest BCUT2D eigenvalue weighted by Gasteiger charge is 2.20. The first-order valence-corrected chi connectivity index (χ1v) is 6.42. The van der Waals surface area contributed by atoms with Crippen LogP contribution in [-0.2, 0) is 9.47 Å². The Labute approximate surface area is 105 Å². The molecule has 104 valence electrons. The van der Waals surface area contributed by atoms with E-state index in [0.29, 0.717) is 13.2 Å². The SMILES string of the molecule is CCC(N)(CO)CCCOCCC(C)(C)OC. The van der Waals surface area contributed by atoms with Gasteiger partial charge in [0.2, 0.25) is 0 Å². The first-order valence-electron chi connectivity index (χ1n) is 6.42. The Morgan fingerprint density at radius 3 is 2.29 bits per heavy atom. The number of methoxy groups -OCH3 is 1. The van der Waals surface area contributed by atoms with Crippen LogP contribution in [0.5, 0.6) is 0 Å². The van der Waals surface area contributed by atoms with Crippen molar-refractivity contribution in [2.45, 2.75) is 57.6 Å². The van der Waals surface area contributed by atoms with E-state index in [-0.39, 0.29) is 12.2 Å². The number of rotatable bonds is 10. The summed E-state index contributed by atoms with van der Waals surface area (Å²) in [6, 6.07) is 0. The molecule has 1 atom stereocenters. The standard InChI is InChI=1S/C13H29NO3/c1-5-13(14,11-15)7-6-9-17-10-8-12(2,3)16-4/h15H,5-11,14H2,1-4H3. The molecule has 1 unspecified atom stereocenters. The number of nitrogens with two attached hydrogens (primary N) is 1. The molecule has 17 heavy (non-hydrogen) atoms. The topological polar surface area (TPSA) is 64.7 Å². The molecule has 0 aliphatic carbocycles. The molecule has 0 aliphatic rings. The zero-order valence-electron chi connectivity index (χ0n) is 11.8. The number of hydrogen-bond acceptors (Lipinski definition) is 4. The summed E-state index contributed by atoms with van der Waals surface area (Å²) < 4.78 is 10.8. The maximum atomic E-state index is 9.14. The number of hydrogen-bond donors (Lipinski definition) is 2. The minimum atomic E-state index is -0.435. The van der Waals surface area contributed by atoms with Gasteiger partial charge in [0.25, 0.3) is 0 Å². The molecule has 0 bridgehead atoms. The fraction of sp³-hybridized carbons (Fsp3) is 1.00. The highest BCUT2D eigenvalue weighted by molar-refractivity contribution is 4.81. The highest BCUT2D eigenvalue weighted by atomic mass is 16.5. The average molecular weight is 247 g/mol. The smallest absolute Gasteiger partial charge is 0.0644 e. The van der Waals surface area contributed by atoms with Crippen molar-refractivity contribution >= 4 is 0 Å². The molecule has 0 aromatic carbocycles. The predicted molar refractivity (Wildman–Crippen MR) is 70.1 cm³/mol. The van der Waals surface area contributed by atoms with E-state index < -0.39 is 5.54 Å². The second-order valence-corrected chi connectivity index (χ2v) is 5.30. The maximum absolute atomic E-state index is 9.14. The predicted octanol–water partition coefficient (Wildman–Crippen LogP) is 1.70. The van der Waals surface area contributed by atoms with Gasteiger partial charge in [-0.15, -0.1) is 0 Å². The van der Waals surface area contributed by atoms with Crippen molar-refractivity contribution in [3.63, 3.8) is 0 Å². The Hall–Kier alpha value is -0.160. The third-order valence-corrected chi connectivity index (χ3v) is 3.38. The summed E-state index contributed by atoms with van der Waals surface area (Å²) in [5, 5.41) is 9.14. The zero-order chi connectivity index (χ0) is 13.4. The second kappa shape index (κ2) is 8.03. The van der Waals surface area contributed by atoms with Gasteiger partial charge in [0.05, 0.1) is 12.2 Å². The summed E-state index contributed by atoms with van der Waals surface area (Å²) >= 11 is 0. The molecule has 4 nitrogen and oxygen atoms in total. The average Bonchev–Trinajstić information content (AvgIpc) is 2.33. The van der Waals surface area contributed by atoms with E-state index in [1.807, 2.05) is 20.8 Å². The van der Waals surface area contributed by atoms with Crippen LogP contribution in [0.25, 0.3) is 0 Å². The third-order valence-electron chi connectivity index (χ3n) is 3.38. The van der Waals surface area contributed by atoms with Crippen molar-refractivity contribution in [3.05, 3.63) is 0 Å². The van der Waals surface area contributed by atoms with Gasteiger partial charge in [-0.05, 0) is 39.5 Å². The van der Waals surface area contributed by atoms with Crippen LogP contribution in [-0.4, -0.2) is 43.2 Å². The largest absolute Gasteiger partial charge is 0.394 e. The molecule has 3 N–H and O–H groups in total. The summed E-state index contributed by atoms with van der Waals surface area (Å²) in [5.41, 5.74) is 5.42. The Morgan fingerprint density at radius 2 is 1.82 bits per heavy atom. The Kier molecular flexibility index (Phi) is 7.96. The van der Waals surface area contributed by atoms with E-state index in [2.05, 4.69) is 0 Å². The molecule has 4 heteroatoms. The van der Waals surface area contributed by atoms with Crippen molar-refractivity contribution in [2.24, 2.45) is 5.73 Å². The molecule has 0 heterocycles. The van der Waals surface area contributed by atoms with Gasteiger partial charge < -0.3 is 20.3 Å². The van der Waals surface area contributed by atoms with Crippen LogP contribution in [0.4, 0.5) is 0 Å². The second-order valence-electron chi connectivity index (χ2n) is 5.30. The molecule has 0 amide bonds. The van der Waals surface area contributed by atoms with E-state index in [9.17, 15) is 0 Å². The normalized spacial score (nSPS) is 15.9. The van der Waals surface area contributed by atoms with Crippen LogP contribution in [0.3, 0.4) is 0 Å². The van der Waals surface area contributed by atoms with Crippen LogP contribution >= 0.6 is 0 Å². The van der Waals surface area contributed by atoms with Crippen LogP contribution in [0.1, 0.15) is 46.5 Å². The van der Waals surface area contributed by atoms with Crippen molar-refractivity contribution in [1.29, 1.82) is 0 Å². The molecular formula is C13H29NO3. The number of aliphatic hydroxyl groups is 1. The molecule has 0 saturated carbocycles. The Bertz CT molecular complexity index is 191. The fourth-order valence-electron chi connectivity index (χ4n) is 1.42. The van der Waals surface area contributed by atoms with Crippen molar-refractivity contribution < 1.29 is 14.6 Å². The van der Waals surface area contributed by atoms with Crippen LogP contribution in [0, 0.1) is 0 Å². The maximum Gasteiger partial charge on any atom is 0.0644 e. The number of ether oxygens (including phenoxy) is 2. The zero-order valence-corrected chi connectivity index (χ0v) is 11.8. The van der Waals surface area contributed by atoms with E-state index in [1.54, 1.807) is 7.11 Å². The van der Waals surface area contributed by atoms with E-state index >= 15 is 0 Å². The van der Waals surface area contributed by atoms with Gasteiger partial charge in [0.1, 0.15) is 0 Å². The van der Waals surface area contributed by atoms with Gasteiger partial charge in [-0.2, -0.15) is 0 Å². The minimum Gasteiger partial charge on any atom is -0.394 e. The van der Waals surface area contributed by atoms with Crippen LogP contribution in [0.2, 0.25) is 0 Å². The Balaban J connectivity index is 3.53. The summed E-state index contributed by atoms with van der Waals surface area (Å²) in [7, 11) is 1.71. The molecule has 0 fully saturated rings. The van der Waals surface area contributed by atoms with Crippen LogP contribution < -0.4 is 5.73 Å². The molecule has 0 saturated heterocycles. The summed E-state index contributed by atoms with van der Waals surface area (Å²) in [6.07, 6.45) is 3.36. The summed E-state index contributed by atoms with van der Waals surface area (Å²) in [4.78, 5) is 0. The van der Waals surface area contributed by atoms with Gasteiger partial charge in [-0.1, -0.05) is 6.92 Å². The number of aliphatic hydroxyl groups excluding tert-OH is 1. The molecule has 0 aromatic heterocycles. The lowest BCUT2D eigenvalue weighted by molar-refractivity contribution is -0.0107. The first kappa shape index (κ1) is 16.8. The quantitative estimate of drug-likeness (QED) is 0.577. The van der Waals surface area contributed by atoms with E-state index in [1.165, 1.54) is 0 Å². The Morgan fingerprint density at radius 1 is 1.18 bits per heavy atom. The van der Waals surface area contributed by atoms with Gasteiger partial charge >= 0.3 is 0 Å². The molecule has 0 rings (SSSR count). The lowest BCUT2D eigenvalue weighted by Crippen LogP contribution is -2.43. The minimum absolute atomic E-state index is 0.0419. The van der Waals surface area contributed by atoms with E-state index in [0.717, 1.165) is 25.7 Å². The molecular weight excluding hydrogens is 218 g/mol. The van der Waals surface area contributed by atoms with Gasteiger partial charge in [-0.3, -0.25) is 0 Å². The lowest BCUT2D eigenvalue weighted by Gasteiger charge is -2.25. The summed E-state index contributed by atoms with van der Waals surface area (Å²) in [5.74, 6) is 0. The van der Waals surface area contributed by atoms with Gasteiger partial charge in [-0.25, -0.2) is 0 Å². The molecule has 0 radical (unpaired) electrons. The van der Waals surface area contributed by atoms with Crippen molar-refractivity contribution in [1.82, 2.24) is 0 Å². The first-order chi connectivity index (χ1) is 7.89. The van der Waals surface area contributed by atoms with E-state index in [4.69, 9.17) is 20.3 Å². The lowest BCUT2D eigenvalue weighted by atomic mass is 9.93. The summed E-state index contributed by atoms with van der Waals surface area (Å²) in [6.45, 7) is 7.52. The molecule has 0 aromatic rings. The monoisotopic (exact) mass is 247 g/mol. The highest BCUT2D eigenvalue weighted by Crippen LogP contribution is 2.14.